The Morgan fingerprint density at radius 3 is 2.89 bits per heavy atom. The first kappa shape index (κ1) is 17.8. The van der Waals surface area contributed by atoms with Crippen LogP contribution in [0.4, 0.5) is 0 Å². The van der Waals surface area contributed by atoms with Crippen LogP contribution >= 0.6 is 0 Å². The van der Waals surface area contributed by atoms with Gasteiger partial charge in [0, 0.05) is 50.7 Å². The van der Waals surface area contributed by atoms with Crippen LogP contribution in [0.15, 0.2) is 18.2 Å². The Kier molecular flexibility index (Phi) is 4.41. The second-order valence-electron chi connectivity index (χ2n) is 8.01. The van der Waals surface area contributed by atoms with Crippen LogP contribution in [0.5, 0.6) is 0 Å². The molecule has 4 aliphatic heterocycles. The molecule has 5 rings (SSSR count). The minimum Gasteiger partial charge on any atom is -0.374 e. The fourth-order valence-electron chi connectivity index (χ4n) is 4.84. The third-order valence-corrected chi connectivity index (χ3v) is 6.26. The molecule has 0 radical (unpaired) electrons. The van der Waals surface area contributed by atoms with Crippen molar-refractivity contribution >= 4 is 17.7 Å². The predicted octanol–water partition coefficient (Wildman–Crippen LogP) is -0.380. The molecule has 2 N–H and O–H groups in total. The number of carbonyl (C=O) groups is 3. The van der Waals surface area contributed by atoms with Gasteiger partial charge in [0.2, 0.25) is 11.8 Å². The zero-order valence-electron chi connectivity index (χ0n) is 15.6. The molecule has 0 aromatic heterocycles. The summed E-state index contributed by atoms with van der Waals surface area (Å²) in [6, 6.07) is 5.61. The van der Waals surface area contributed by atoms with E-state index in [9.17, 15) is 14.4 Å². The highest BCUT2D eigenvalue weighted by Gasteiger charge is 2.40. The van der Waals surface area contributed by atoms with Crippen LogP contribution in [0.1, 0.15) is 34.3 Å². The van der Waals surface area contributed by atoms with Crippen molar-refractivity contribution < 1.29 is 19.1 Å². The van der Waals surface area contributed by atoms with Gasteiger partial charge in [0.05, 0.1) is 12.7 Å². The molecule has 4 aliphatic rings. The van der Waals surface area contributed by atoms with E-state index in [1.807, 2.05) is 12.1 Å². The van der Waals surface area contributed by atoms with Gasteiger partial charge in [-0.25, -0.2) is 0 Å². The quantitative estimate of drug-likeness (QED) is 0.691. The van der Waals surface area contributed by atoms with Crippen molar-refractivity contribution in [3.63, 3.8) is 0 Å². The molecule has 1 aromatic carbocycles. The van der Waals surface area contributed by atoms with Crippen LogP contribution in [-0.2, 0) is 27.4 Å². The minimum atomic E-state index is -0.572. The molecule has 148 valence electrons. The number of morpholine rings is 1. The van der Waals surface area contributed by atoms with Crippen molar-refractivity contribution in [1.82, 2.24) is 20.4 Å². The Labute approximate surface area is 163 Å². The molecule has 3 fully saturated rings. The molecular weight excluding hydrogens is 360 g/mol. The summed E-state index contributed by atoms with van der Waals surface area (Å²) in [5.74, 6) is -0.755. The number of carbonyl (C=O) groups excluding carboxylic acids is 3. The summed E-state index contributed by atoms with van der Waals surface area (Å²) >= 11 is 0. The van der Waals surface area contributed by atoms with E-state index in [1.54, 1.807) is 4.90 Å². The van der Waals surface area contributed by atoms with E-state index >= 15 is 0 Å². The maximum Gasteiger partial charge on any atom is 0.255 e. The molecule has 3 unspecified atom stereocenters. The second-order valence-corrected chi connectivity index (χ2v) is 8.01. The molecule has 8 nitrogen and oxygen atoms in total. The Morgan fingerprint density at radius 2 is 2.07 bits per heavy atom. The number of likely N-dealkylation sites (tertiary alicyclic amines) is 1. The molecule has 0 saturated carbocycles. The molecule has 0 spiro atoms. The van der Waals surface area contributed by atoms with Crippen molar-refractivity contribution in [2.45, 2.75) is 44.1 Å². The number of nitrogens with one attached hydrogen (secondary N) is 2. The SMILES string of the molecule is O=C1CCC(N2Cc3c(CN4CC5NCCOC5C4)cccc3C2=O)C(=O)N1. The number of amides is 3. The van der Waals surface area contributed by atoms with Crippen molar-refractivity contribution in [3.8, 4) is 0 Å². The molecule has 28 heavy (non-hydrogen) atoms. The normalized spacial score (nSPS) is 30.4. The average molecular weight is 384 g/mol. The van der Waals surface area contributed by atoms with Crippen LogP contribution in [0.2, 0.25) is 0 Å². The zero-order chi connectivity index (χ0) is 19.3. The Balaban J connectivity index is 1.34. The molecule has 0 aliphatic carbocycles. The Hall–Kier alpha value is -2.29. The summed E-state index contributed by atoms with van der Waals surface area (Å²) in [5, 5.41) is 5.87. The van der Waals surface area contributed by atoms with E-state index in [2.05, 4.69) is 21.6 Å². The van der Waals surface area contributed by atoms with Gasteiger partial charge in [-0.3, -0.25) is 24.6 Å². The number of rotatable bonds is 3. The van der Waals surface area contributed by atoms with Gasteiger partial charge in [-0.15, -0.1) is 0 Å². The Bertz CT molecular complexity index is 827. The third kappa shape index (κ3) is 3.01. The van der Waals surface area contributed by atoms with Gasteiger partial charge >= 0.3 is 0 Å². The molecule has 4 heterocycles. The van der Waals surface area contributed by atoms with E-state index in [1.165, 1.54) is 0 Å². The van der Waals surface area contributed by atoms with Gasteiger partial charge in [-0.05, 0) is 23.6 Å². The van der Waals surface area contributed by atoms with E-state index < -0.39 is 6.04 Å². The van der Waals surface area contributed by atoms with Crippen molar-refractivity contribution in [3.05, 3.63) is 34.9 Å². The highest BCUT2D eigenvalue weighted by molar-refractivity contribution is 6.05. The molecule has 3 amide bonds. The van der Waals surface area contributed by atoms with Crippen molar-refractivity contribution in [2.75, 3.05) is 26.2 Å². The lowest BCUT2D eigenvalue weighted by Crippen LogP contribution is -2.52. The molecule has 0 bridgehead atoms. The highest BCUT2D eigenvalue weighted by atomic mass is 16.5. The topological polar surface area (TPSA) is 91.0 Å². The smallest absolute Gasteiger partial charge is 0.255 e. The summed E-state index contributed by atoms with van der Waals surface area (Å²) < 4.78 is 5.86. The fourth-order valence-corrected chi connectivity index (χ4v) is 4.84. The fraction of sp³-hybridized carbons (Fsp3) is 0.550. The lowest BCUT2D eigenvalue weighted by Gasteiger charge is -2.29. The van der Waals surface area contributed by atoms with E-state index in [-0.39, 0.29) is 30.2 Å². The molecular formula is C20H24N4O4. The van der Waals surface area contributed by atoms with Crippen LogP contribution in [0.3, 0.4) is 0 Å². The first-order chi connectivity index (χ1) is 13.6. The van der Waals surface area contributed by atoms with Gasteiger partial charge in [0.1, 0.15) is 6.04 Å². The summed E-state index contributed by atoms with van der Waals surface area (Å²) in [6.07, 6.45) is 0.887. The molecule has 3 atom stereocenters. The zero-order valence-corrected chi connectivity index (χ0v) is 15.6. The van der Waals surface area contributed by atoms with Crippen LogP contribution in [0.25, 0.3) is 0 Å². The van der Waals surface area contributed by atoms with Gasteiger partial charge in [0.25, 0.3) is 5.91 Å². The predicted molar refractivity (Wildman–Crippen MR) is 99.3 cm³/mol. The number of hydrogen-bond donors (Lipinski definition) is 2. The maximum atomic E-state index is 12.9. The lowest BCUT2D eigenvalue weighted by atomic mass is 10.0. The van der Waals surface area contributed by atoms with Crippen molar-refractivity contribution in [1.29, 1.82) is 0 Å². The minimum absolute atomic E-state index is 0.119. The summed E-state index contributed by atoms with van der Waals surface area (Å²) in [6.45, 7) is 4.64. The van der Waals surface area contributed by atoms with E-state index in [0.717, 1.165) is 43.9 Å². The van der Waals surface area contributed by atoms with Gasteiger partial charge in [-0.1, -0.05) is 12.1 Å². The standard InChI is InChI=1S/C20H24N4O4/c25-18-5-4-16(19(26)22-18)24-9-14-12(2-1-3-13(14)20(24)27)8-23-10-15-17(11-23)28-7-6-21-15/h1-3,15-17,21H,4-11H2,(H,22,25,26). The number of benzene rings is 1. The van der Waals surface area contributed by atoms with Gasteiger partial charge in [0.15, 0.2) is 0 Å². The summed E-state index contributed by atoms with van der Waals surface area (Å²) in [5.41, 5.74) is 2.80. The Morgan fingerprint density at radius 1 is 1.18 bits per heavy atom. The first-order valence-corrected chi connectivity index (χ1v) is 9.93. The van der Waals surface area contributed by atoms with Crippen LogP contribution in [-0.4, -0.2) is 72.0 Å². The number of fused-ring (bicyclic) bond motifs is 2. The summed E-state index contributed by atoms with van der Waals surface area (Å²) in [4.78, 5) is 40.6. The highest BCUT2D eigenvalue weighted by Crippen LogP contribution is 2.31. The largest absolute Gasteiger partial charge is 0.374 e. The van der Waals surface area contributed by atoms with Crippen molar-refractivity contribution in [2.24, 2.45) is 0 Å². The van der Waals surface area contributed by atoms with Crippen LogP contribution in [0, 0.1) is 0 Å². The number of imide groups is 1. The lowest BCUT2D eigenvalue weighted by molar-refractivity contribution is -0.136. The number of nitrogens with zero attached hydrogens (tertiary/aromatic N) is 2. The molecule has 8 heteroatoms. The summed E-state index contributed by atoms with van der Waals surface area (Å²) in [7, 11) is 0. The average Bonchev–Trinajstić information content (AvgIpc) is 3.23. The number of ether oxygens (including phenoxy) is 1. The van der Waals surface area contributed by atoms with E-state index in [0.29, 0.717) is 24.6 Å². The van der Waals surface area contributed by atoms with E-state index in [4.69, 9.17) is 4.74 Å². The second kappa shape index (κ2) is 6.95. The first-order valence-electron chi connectivity index (χ1n) is 9.93. The number of piperidine rings is 1. The van der Waals surface area contributed by atoms with Crippen LogP contribution < -0.4 is 10.6 Å². The third-order valence-electron chi connectivity index (χ3n) is 6.26. The molecule has 3 saturated heterocycles. The maximum absolute atomic E-state index is 12.9. The monoisotopic (exact) mass is 384 g/mol. The van der Waals surface area contributed by atoms with Gasteiger partial charge in [-0.2, -0.15) is 0 Å². The number of hydrogen-bond acceptors (Lipinski definition) is 6. The molecule has 1 aromatic rings. The van der Waals surface area contributed by atoms with Gasteiger partial charge < -0.3 is 15.0 Å².